The van der Waals surface area contributed by atoms with Gasteiger partial charge >= 0.3 is 0 Å². The Morgan fingerprint density at radius 2 is 1.96 bits per heavy atom. The Labute approximate surface area is 160 Å². The SMILES string of the molecule is CCS(=O)(=O)N1CCCc2cc(NC(=O)CCOc3ccccc3)ccc21. The molecule has 27 heavy (non-hydrogen) atoms. The Bertz CT molecular complexity index is 897. The van der Waals surface area contributed by atoms with Gasteiger partial charge in [0.25, 0.3) is 0 Å². The number of carbonyl (C=O) groups excluding carboxylic acids is 1. The van der Waals surface area contributed by atoms with E-state index in [2.05, 4.69) is 5.32 Å². The summed E-state index contributed by atoms with van der Waals surface area (Å²) in [6, 6.07) is 14.7. The molecule has 1 aliphatic heterocycles. The Balaban J connectivity index is 1.61. The van der Waals surface area contributed by atoms with Gasteiger partial charge in [0, 0.05) is 12.2 Å². The maximum atomic E-state index is 12.3. The first kappa shape index (κ1) is 19.2. The molecule has 0 aromatic heterocycles. The molecule has 2 aromatic carbocycles. The fourth-order valence-corrected chi connectivity index (χ4v) is 4.28. The lowest BCUT2D eigenvalue weighted by atomic mass is 10.0. The number of anilines is 2. The van der Waals surface area contributed by atoms with Gasteiger partial charge in [0.1, 0.15) is 5.75 Å². The van der Waals surface area contributed by atoms with Crippen molar-refractivity contribution in [1.82, 2.24) is 0 Å². The number of rotatable bonds is 7. The maximum absolute atomic E-state index is 12.3. The zero-order chi connectivity index (χ0) is 19.3. The van der Waals surface area contributed by atoms with Crippen LogP contribution in [0.25, 0.3) is 0 Å². The van der Waals surface area contributed by atoms with Crippen molar-refractivity contribution in [2.24, 2.45) is 0 Å². The molecule has 0 aliphatic carbocycles. The van der Waals surface area contributed by atoms with E-state index in [9.17, 15) is 13.2 Å². The fraction of sp³-hybridized carbons (Fsp3) is 0.350. The number of para-hydroxylation sites is 1. The van der Waals surface area contributed by atoms with E-state index in [0.29, 0.717) is 24.5 Å². The summed E-state index contributed by atoms with van der Waals surface area (Å²) >= 11 is 0. The van der Waals surface area contributed by atoms with Crippen LogP contribution in [-0.4, -0.2) is 33.2 Å². The monoisotopic (exact) mass is 388 g/mol. The molecule has 0 unspecified atom stereocenters. The van der Waals surface area contributed by atoms with Gasteiger partial charge in [-0.2, -0.15) is 0 Å². The number of benzene rings is 2. The van der Waals surface area contributed by atoms with E-state index in [-0.39, 0.29) is 18.1 Å². The first-order valence-corrected chi connectivity index (χ1v) is 10.7. The lowest BCUT2D eigenvalue weighted by Crippen LogP contribution is -2.36. The van der Waals surface area contributed by atoms with E-state index in [0.717, 1.165) is 24.2 Å². The predicted octanol–water partition coefficient (Wildman–Crippen LogP) is 3.20. The van der Waals surface area contributed by atoms with Crippen LogP contribution in [0.5, 0.6) is 5.75 Å². The molecule has 3 rings (SSSR count). The predicted molar refractivity (Wildman–Crippen MR) is 107 cm³/mol. The van der Waals surface area contributed by atoms with Crippen LogP contribution in [0.15, 0.2) is 48.5 Å². The first-order chi connectivity index (χ1) is 13.0. The molecular formula is C20H24N2O4S. The minimum atomic E-state index is -3.28. The molecule has 0 bridgehead atoms. The molecular weight excluding hydrogens is 364 g/mol. The summed E-state index contributed by atoms with van der Waals surface area (Å²) in [6.07, 6.45) is 1.81. The minimum absolute atomic E-state index is 0.0757. The average Bonchev–Trinajstić information content (AvgIpc) is 2.68. The number of ether oxygens (including phenoxy) is 1. The Morgan fingerprint density at radius 1 is 1.19 bits per heavy atom. The maximum Gasteiger partial charge on any atom is 0.234 e. The van der Waals surface area contributed by atoms with Gasteiger partial charge in [-0.3, -0.25) is 9.10 Å². The van der Waals surface area contributed by atoms with Gasteiger partial charge in [-0.05, 0) is 55.7 Å². The largest absolute Gasteiger partial charge is 0.493 e. The van der Waals surface area contributed by atoms with Crippen molar-refractivity contribution < 1.29 is 17.9 Å². The van der Waals surface area contributed by atoms with E-state index in [4.69, 9.17) is 4.74 Å². The highest BCUT2D eigenvalue weighted by Gasteiger charge is 2.26. The third-order valence-corrected chi connectivity index (χ3v) is 6.26. The number of nitrogens with one attached hydrogen (secondary N) is 1. The Kier molecular flexibility index (Phi) is 6.01. The van der Waals surface area contributed by atoms with Crippen molar-refractivity contribution in [3.8, 4) is 5.75 Å². The van der Waals surface area contributed by atoms with Crippen LogP contribution in [0, 0.1) is 0 Å². The van der Waals surface area contributed by atoms with Gasteiger partial charge in [0.15, 0.2) is 0 Å². The zero-order valence-corrected chi connectivity index (χ0v) is 16.2. The van der Waals surface area contributed by atoms with E-state index in [1.165, 1.54) is 4.31 Å². The number of hydrogen-bond donors (Lipinski definition) is 1. The number of nitrogens with zero attached hydrogens (tertiary/aromatic N) is 1. The van der Waals surface area contributed by atoms with E-state index >= 15 is 0 Å². The quantitative estimate of drug-likeness (QED) is 0.790. The minimum Gasteiger partial charge on any atom is -0.493 e. The molecule has 6 nitrogen and oxygen atoms in total. The molecule has 0 spiro atoms. The van der Waals surface area contributed by atoms with E-state index in [1.54, 1.807) is 19.1 Å². The molecule has 144 valence electrons. The average molecular weight is 388 g/mol. The molecule has 2 aromatic rings. The van der Waals surface area contributed by atoms with Gasteiger partial charge in [-0.1, -0.05) is 18.2 Å². The number of hydrogen-bond acceptors (Lipinski definition) is 4. The van der Waals surface area contributed by atoms with Gasteiger partial charge in [-0.15, -0.1) is 0 Å². The van der Waals surface area contributed by atoms with Crippen molar-refractivity contribution in [3.63, 3.8) is 0 Å². The summed E-state index contributed by atoms with van der Waals surface area (Å²) in [5.74, 6) is 0.669. The van der Waals surface area contributed by atoms with Crippen LogP contribution in [0.2, 0.25) is 0 Å². The molecule has 1 aliphatic rings. The Hall–Kier alpha value is -2.54. The fourth-order valence-electron chi connectivity index (χ4n) is 3.09. The van der Waals surface area contributed by atoms with E-state index < -0.39 is 10.0 Å². The van der Waals surface area contributed by atoms with Crippen LogP contribution in [0.4, 0.5) is 11.4 Å². The Morgan fingerprint density at radius 3 is 2.70 bits per heavy atom. The van der Waals surface area contributed by atoms with E-state index in [1.807, 2.05) is 36.4 Å². The molecule has 1 heterocycles. The lowest BCUT2D eigenvalue weighted by Gasteiger charge is -2.30. The number of carbonyl (C=O) groups is 1. The molecule has 7 heteroatoms. The third kappa shape index (κ3) is 4.80. The zero-order valence-electron chi connectivity index (χ0n) is 15.3. The smallest absolute Gasteiger partial charge is 0.234 e. The second-order valence-electron chi connectivity index (χ2n) is 6.38. The molecule has 1 amide bonds. The summed E-state index contributed by atoms with van der Waals surface area (Å²) in [5.41, 5.74) is 2.33. The summed E-state index contributed by atoms with van der Waals surface area (Å²) in [5, 5.41) is 2.86. The first-order valence-electron chi connectivity index (χ1n) is 9.10. The topological polar surface area (TPSA) is 75.7 Å². The lowest BCUT2D eigenvalue weighted by molar-refractivity contribution is -0.116. The van der Waals surface area contributed by atoms with Crippen LogP contribution in [0.1, 0.15) is 25.3 Å². The second kappa shape index (κ2) is 8.43. The summed E-state index contributed by atoms with van der Waals surface area (Å²) in [7, 11) is -3.28. The molecule has 0 atom stereocenters. The normalized spacial score (nSPS) is 13.7. The van der Waals surface area contributed by atoms with Gasteiger partial charge < -0.3 is 10.1 Å². The molecule has 1 N–H and O–H groups in total. The highest BCUT2D eigenvalue weighted by molar-refractivity contribution is 7.92. The van der Waals surface area contributed by atoms with Gasteiger partial charge in [-0.25, -0.2) is 8.42 Å². The summed E-state index contributed by atoms with van der Waals surface area (Å²) in [6.45, 7) is 2.45. The van der Waals surface area contributed by atoms with Crippen molar-refractivity contribution in [2.45, 2.75) is 26.2 Å². The second-order valence-corrected chi connectivity index (χ2v) is 8.56. The highest BCUT2D eigenvalue weighted by atomic mass is 32.2. The van der Waals surface area contributed by atoms with Crippen molar-refractivity contribution >= 4 is 27.3 Å². The van der Waals surface area contributed by atoms with Crippen molar-refractivity contribution in [3.05, 3.63) is 54.1 Å². The standard InChI is InChI=1S/C20H24N2O4S/c1-2-27(24,25)22-13-6-7-16-15-17(10-11-19(16)22)21-20(23)12-14-26-18-8-4-3-5-9-18/h3-5,8-11,15H,2,6-7,12-14H2,1H3,(H,21,23). The highest BCUT2D eigenvalue weighted by Crippen LogP contribution is 2.31. The summed E-state index contributed by atoms with van der Waals surface area (Å²) in [4.78, 5) is 12.1. The van der Waals surface area contributed by atoms with Crippen molar-refractivity contribution in [1.29, 1.82) is 0 Å². The number of fused-ring (bicyclic) bond motifs is 1. The molecule has 0 saturated heterocycles. The third-order valence-electron chi connectivity index (χ3n) is 4.48. The number of aryl methyl sites for hydroxylation is 1. The van der Waals surface area contributed by atoms with Gasteiger partial charge in [0.05, 0.1) is 24.5 Å². The van der Waals surface area contributed by atoms with Crippen LogP contribution in [0.3, 0.4) is 0 Å². The summed E-state index contributed by atoms with van der Waals surface area (Å²) < 4.78 is 31.5. The van der Waals surface area contributed by atoms with Crippen LogP contribution < -0.4 is 14.4 Å². The van der Waals surface area contributed by atoms with Crippen molar-refractivity contribution in [2.75, 3.05) is 28.5 Å². The molecule has 0 saturated carbocycles. The molecule has 0 fully saturated rings. The van der Waals surface area contributed by atoms with Crippen LogP contribution in [-0.2, 0) is 21.2 Å². The molecule has 0 radical (unpaired) electrons. The van der Waals surface area contributed by atoms with Gasteiger partial charge in [0.2, 0.25) is 15.9 Å². The number of amides is 1. The number of sulfonamides is 1. The van der Waals surface area contributed by atoms with Crippen LogP contribution >= 0.6 is 0 Å².